The van der Waals surface area contributed by atoms with E-state index in [9.17, 15) is 14.9 Å². The molecule has 146 valence electrons. The average molecular weight is 408 g/mol. The first-order valence-corrected chi connectivity index (χ1v) is 9.66. The summed E-state index contributed by atoms with van der Waals surface area (Å²) in [6.07, 6.45) is 1.73. The van der Waals surface area contributed by atoms with Crippen LogP contribution in [-0.4, -0.2) is 20.4 Å². The Morgan fingerprint density at radius 2 is 2.10 bits per heavy atom. The lowest BCUT2D eigenvalue weighted by molar-refractivity contribution is -0.384. The number of carbonyl (C=O) groups excluding carboxylic acids is 1. The number of hydrogen-bond donors (Lipinski definition) is 1. The molecule has 8 nitrogen and oxygen atoms in total. The zero-order valence-electron chi connectivity index (χ0n) is 15.1. The molecule has 0 atom stereocenters. The largest absolute Gasteiger partial charge is 0.485 e. The van der Waals surface area contributed by atoms with Crippen LogP contribution in [0.2, 0.25) is 0 Å². The molecule has 0 aliphatic carbocycles. The number of nitrogens with one attached hydrogen (secondary N) is 1. The van der Waals surface area contributed by atoms with Crippen LogP contribution in [-0.2, 0) is 17.9 Å². The zero-order chi connectivity index (χ0) is 20.2. The van der Waals surface area contributed by atoms with Gasteiger partial charge in [-0.2, -0.15) is 0 Å². The maximum Gasteiger partial charge on any atom is 0.270 e. The number of ether oxygens (including phenoxy) is 1. The highest BCUT2D eigenvalue weighted by atomic mass is 32.1. The molecule has 4 aromatic rings. The normalized spacial score (nSPS) is 10.8. The Morgan fingerprint density at radius 3 is 2.90 bits per heavy atom. The molecule has 0 saturated heterocycles. The molecule has 1 amide bonds. The zero-order valence-corrected chi connectivity index (χ0v) is 16.0. The first-order chi connectivity index (χ1) is 14.1. The van der Waals surface area contributed by atoms with Crippen LogP contribution in [0, 0.1) is 10.1 Å². The van der Waals surface area contributed by atoms with Crippen LogP contribution < -0.4 is 10.1 Å². The summed E-state index contributed by atoms with van der Waals surface area (Å²) in [5, 5.41) is 16.4. The van der Waals surface area contributed by atoms with Gasteiger partial charge in [0.25, 0.3) is 5.69 Å². The van der Waals surface area contributed by atoms with E-state index in [-0.39, 0.29) is 18.1 Å². The van der Waals surface area contributed by atoms with Crippen molar-refractivity contribution < 1.29 is 14.5 Å². The highest BCUT2D eigenvalue weighted by Crippen LogP contribution is 2.26. The first-order valence-electron chi connectivity index (χ1n) is 8.72. The minimum Gasteiger partial charge on any atom is -0.485 e. The highest BCUT2D eigenvalue weighted by molar-refractivity contribution is 7.07. The van der Waals surface area contributed by atoms with Gasteiger partial charge >= 0.3 is 0 Å². The van der Waals surface area contributed by atoms with Gasteiger partial charge in [-0.05, 0) is 24.3 Å². The molecule has 0 bridgehead atoms. The standard InChI is InChI=1S/C20H16N4O4S/c25-20(10-23-8-7-14-9-16(24(26)27)5-6-18(14)23)22-17-3-1-2-4-19(17)28-11-15-12-29-13-21-15/h1-9,12-13H,10-11H2,(H,22,25). The van der Waals surface area contributed by atoms with Gasteiger partial charge < -0.3 is 14.6 Å². The van der Waals surface area contributed by atoms with Crippen molar-refractivity contribution in [3.05, 3.63) is 81.4 Å². The third kappa shape index (κ3) is 4.25. The monoisotopic (exact) mass is 408 g/mol. The summed E-state index contributed by atoms with van der Waals surface area (Å²) in [4.78, 5) is 27.2. The fraction of sp³-hybridized carbons (Fsp3) is 0.100. The number of non-ortho nitro benzene ring substituents is 1. The van der Waals surface area contributed by atoms with Gasteiger partial charge in [0.05, 0.1) is 21.8 Å². The maximum absolute atomic E-state index is 12.6. The Morgan fingerprint density at radius 1 is 1.24 bits per heavy atom. The van der Waals surface area contributed by atoms with Crippen LogP contribution in [0.5, 0.6) is 5.75 Å². The van der Waals surface area contributed by atoms with E-state index in [0.29, 0.717) is 23.4 Å². The summed E-state index contributed by atoms with van der Waals surface area (Å²) in [7, 11) is 0. The lowest BCUT2D eigenvalue weighted by atomic mass is 10.2. The summed E-state index contributed by atoms with van der Waals surface area (Å²) in [6.45, 7) is 0.388. The van der Waals surface area contributed by atoms with Crippen LogP contribution in [0.15, 0.2) is 65.6 Å². The Labute approximate surface area is 169 Å². The van der Waals surface area contributed by atoms with Gasteiger partial charge in [0.2, 0.25) is 5.91 Å². The van der Waals surface area contributed by atoms with Crippen molar-refractivity contribution >= 4 is 39.5 Å². The van der Waals surface area contributed by atoms with Crippen molar-refractivity contribution in [2.75, 3.05) is 5.32 Å². The minimum absolute atomic E-state index is 0.0193. The fourth-order valence-electron chi connectivity index (χ4n) is 2.94. The number of nitro groups is 1. The Kier molecular flexibility index (Phi) is 5.21. The number of amides is 1. The number of fused-ring (bicyclic) bond motifs is 1. The number of benzene rings is 2. The predicted octanol–water partition coefficient (Wildman–Crippen LogP) is 4.22. The van der Waals surface area contributed by atoms with Crippen molar-refractivity contribution in [3.63, 3.8) is 0 Å². The second kappa shape index (κ2) is 8.11. The quantitative estimate of drug-likeness (QED) is 0.364. The van der Waals surface area contributed by atoms with Crippen molar-refractivity contribution in [1.82, 2.24) is 9.55 Å². The van der Waals surface area contributed by atoms with E-state index in [1.54, 1.807) is 40.5 Å². The van der Waals surface area contributed by atoms with E-state index < -0.39 is 4.92 Å². The smallest absolute Gasteiger partial charge is 0.270 e. The number of carbonyl (C=O) groups is 1. The van der Waals surface area contributed by atoms with Crippen molar-refractivity contribution in [3.8, 4) is 5.75 Å². The molecule has 29 heavy (non-hydrogen) atoms. The van der Waals surface area contributed by atoms with E-state index in [0.717, 1.165) is 11.2 Å². The number of thiazole rings is 1. The third-order valence-corrected chi connectivity index (χ3v) is 4.93. The summed E-state index contributed by atoms with van der Waals surface area (Å²) in [5.74, 6) is 0.326. The van der Waals surface area contributed by atoms with Crippen LogP contribution in [0.4, 0.5) is 11.4 Å². The summed E-state index contributed by atoms with van der Waals surface area (Å²) in [6, 6.07) is 13.5. The number of para-hydroxylation sites is 2. The van der Waals surface area contributed by atoms with Gasteiger partial charge in [0.1, 0.15) is 18.9 Å². The molecule has 1 N–H and O–H groups in total. The molecule has 0 radical (unpaired) electrons. The number of nitrogens with zero attached hydrogens (tertiary/aromatic N) is 3. The second-order valence-corrected chi connectivity index (χ2v) is 6.98. The Balaban J connectivity index is 1.46. The van der Waals surface area contributed by atoms with E-state index in [4.69, 9.17) is 4.74 Å². The van der Waals surface area contributed by atoms with Crippen LogP contribution in [0.3, 0.4) is 0 Å². The number of hydrogen-bond acceptors (Lipinski definition) is 6. The minimum atomic E-state index is -0.438. The van der Waals surface area contributed by atoms with Gasteiger partial charge in [0, 0.05) is 34.6 Å². The van der Waals surface area contributed by atoms with Gasteiger partial charge in [-0.3, -0.25) is 14.9 Å². The topological polar surface area (TPSA) is 99.3 Å². The molecule has 2 heterocycles. The summed E-state index contributed by atoms with van der Waals surface area (Å²) >= 11 is 1.49. The van der Waals surface area contributed by atoms with Crippen molar-refractivity contribution in [1.29, 1.82) is 0 Å². The van der Waals surface area contributed by atoms with Crippen molar-refractivity contribution in [2.24, 2.45) is 0 Å². The number of anilines is 1. The Bertz CT molecular complexity index is 1170. The third-order valence-electron chi connectivity index (χ3n) is 4.30. The molecule has 0 saturated carbocycles. The maximum atomic E-state index is 12.6. The molecule has 4 rings (SSSR count). The van der Waals surface area contributed by atoms with Crippen LogP contribution >= 0.6 is 11.3 Å². The van der Waals surface area contributed by atoms with Crippen LogP contribution in [0.25, 0.3) is 10.9 Å². The predicted molar refractivity (Wildman–Crippen MR) is 110 cm³/mol. The fourth-order valence-corrected chi connectivity index (χ4v) is 3.48. The van der Waals surface area contributed by atoms with E-state index in [2.05, 4.69) is 10.3 Å². The molecule has 9 heteroatoms. The average Bonchev–Trinajstić information content (AvgIpc) is 3.37. The molecular formula is C20H16N4O4S. The molecule has 0 spiro atoms. The molecule has 0 aliphatic heterocycles. The van der Waals surface area contributed by atoms with Crippen LogP contribution in [0.1, 0.15) is 5.69 Å². The Hall–Kier alpha value is -3.72. The number of aromatic nitrogens is 2. The van der Waals surface area contributed by atoms with Gasteiger partial charge in [-0.1, -0.05) is 12.1 Å². The highest BCUT2D eigenvalue weighted by Gasteiger charge is 2.12. The van der Waals surface area contributed by atoms with Crippen molar-refractivity contribution in [2.45, 2.75) is 13.2 Å². The molecule has 0 fully saturated rings. The first kappa shape index (κ1) is 18.6. The molecular weight excluding hydrogens is 392 g/mol. The number of rotatable bonds is 7. The van der Waals surface area contributed by atoms with Gasteiger partial charge in [0.15, 0.2) is 0 Å². The lowest BCUT2D eigenvalue weighted by Crippen LogP contribution is -2.18. The van der Waals surface area contributed by atoms with Gasteiger partial charge in [-0.25, -0.2) is 4.98 Å². The number of nitro benzene ring substituents is 1. The second-order valence-electron chi connectivity index (χ2n) is 6.26. The molecule has 0 unspecified atom stereocenters. The molecule has 2 aromatic carbocycles. The SMILES string of the molecule is O=C(Cn1ccc2cc([N+](=O)[O-])ccc21)Nc1ccccc1OCc1cscn1. The van der Waals surface area contributed by atoms with E-state index in [1.165, 1.54) is 23.5 Å². The molecule has 0 aliphatic rings. The summed E-state index contributed by atoms with van der Waals surface area (Å²) in [5.41, 5.74) is 3.90. The lowest BCUT2D eigenvalue weighted by Gasteiger charge is -2.12. The summed E-state index contributed by atoms with van der Waals surface area (Å²) < 4.78 is 7.53. The van der Waals surface area contributed by atoms with Gasteiger partial charge in [-0.15, -0.1) is 11.3 Å². The van der Waals surface area contributed by atoms with E-state index in [1.807, 2.05) is 17.5 Å². The van der Waals surface area contributed by atoms with E-state index >= 15 is 0 Å². The molecule has 2 aromatic heterocycles.